The van der Waals surface area contributed by atoms with Crippen LogP contribution in [0, 0.1) is 0 Å². The van der Waals surface area contributed by atoms with Crippen molar-refractivity contribution in [3.63, 3.8) is 0 Å². The van der Waals surface area contributed by atoms with Crippen LogP contribution in [0.1, 0.15) is 6.92 Å². The Morgan fingerprint density at radius 1 is 1.33 bits per heavy atom. The zero-order chi connectivity index (χ0) is 15.1. The largest absolute Gasteiger partial charge is 0.378 e. The van der Waals surface area contributed by atoms with Crippen LogP contribution in [0.2, 0.25) is 5.02 Å². The number of hydrogen-bond acceptors (Lipinski definition) is 3. The fourth-order valence-electron chi connectivity index (χ4n) is 2.15. The van der Waals surface area contributed by atoms with Gasteiger partial charge in [0.25, 0.3) is 0 Å². The topological polar surface area (TPSA) is 41.6 Å². The molecule has 1 aromatic carbocycles. The number of allylic oxidation sites excluding steroid dienone is 3. The van der Waals surface area contributed by atoms with Crippen LogP contribution in [0.3, 0.4) is 0 Å². The molecule has 0 unspecified atom stereocenters. The van der Waals surface area contributed by atoms with E-state index in [4.69, 9.17) is 16.3 Å². The predicted octanol–water partition coefficient (Wildman–Crippen LogP) is 3.25. The second-order valence-electron chi connectivity index (χ2n) is 4.61. The van der Waals surface area contributed by atoms with Crippen LogP contribution in [0.4, 0.5) is 11.4 Å². The van der Waals surface area contributed by atoms with Crippen LogP contribution in [-0.4, -0.2) is 32.2 Å². The Labute approximate surface area is 130 Å². The van der Waals surface area contributed by atoms with E-state index in [0.29, 0.717) is 18.2 Å². The summed E-state index contributed by atoms with van der Waals surface area (Å²) in [7, 11) is 0. The van der Waals surface area contributed by atoms with Crippen molar-refractivity contribution in [3.05, 3.63) is 47.5 Å². The third kappa shape index (κ3) is 4.34. The number of anilines is 2. The quantitative estimate of drug-likeness (QED) is 0.686. The number of hydrogen-bond donors (Lipinski definition) is 1. The molecule has 0 bridgehead atoms. The van der Waals surface area contributed by atoms with Gasteiger partial charge in [0.1, 0.15) is 0 Å². The monoisotopic (exact) mass is 306 g/mol. The maximum atomic E-state index is 11.9. The first-order valence-corrected chi connectivity index (χ1v) is 7.31. The summed E-state index contributed by atoms with van der Waals surface area (Å²) in [4.78, 5) is 14.1. The van der Waals surface area contributed by atoms with Crippen molar-refractivity contribution >= 4 is 28.9 Å². The first kappa shape index (κ1) is 15.6. The van der Waals surface area contributed by atoms with Crippen molar-refractivity contribution in [3.8, 4) is 0 Å². The number of ether oxygens (including phenoxy) is 1. The minimum atomic E-state index is -0.176. The highest BCUT2D eigenvalue weighted by atomic mass is 35.5. The van der Waals surface area contributed by atoms with Crippen molar-refractivity contribution in [2.24, 2.45) is 0 Å². The molecule has 0 aromatic heterocycles. The second kappa shape index (κ2) is 7.86. The number of nitrogens with zero attached hydrogens (tertiary/aromatic N) is 1. The Morgan fingerprint density at radius 3 is 2.81 bits per heavy atom. The zero-order valence-corrected chi connectivity index (χ0v) is 12.8. The molecule has 0 spiro atoms. The fourth-order valence-corrected chi connectivity index (χ4v) is 2.45. The highest BCUT2D eigenvalue weighted by Crippen LogP contribution is 2.34. The minimum absolute atomic E-state index is 0.176. The Bertz CT molecular complexity index is 549. The Hall–Kier alpha value is -1.78. The van der Waals surface area contributed by atoms with E-state index in [0.717, 1.165) is 24.5 Å². The highest BCUT2D eigenvalue weighted by molar-refractivity contribution is 6.34. The van der Waals surface area contributed by atoms with Gasteiger partial charge in [-0.3, -0.25) is 4.79 Å². The Balaban J connectivity index is 2.18. The second-order valence-corrected chi connectivity index (χ2v) is 5.02. The van der Waals surface area contributed by atoms with E-state index in [9.17, 15) is 4.79 Å². The van der Waals surface area contributed by atoms with Crippen molar-refractivity contribution in [2.75, 3.05) is 36.5 Å². The van der Waals surface area contributed by atoms with Gasteiger partial charge in [-0.05, 0) is 19.1 Å². The summed E-state index contributed by atoms with van der Waals surface area (Å²) in [6.07, 6.45) is 6.86. The molecule has 2 rings (SSSR count). The molecule has 1 saturated heterocycles. The number of nitrogens with one attached hydrogen (secondary N) is 1. The van der Waals surface area contributed by atoms with Crippen LogP contribution in [0.15, 0.2) is 42.5 Å². The Morgan fingerprint density at radius 2 is 2.10 bits per heavy atom. The lowest BCUT2D eigenvalue weighted by atomic mass is 10.2. The van der Waals surface area contributed by atoms with Gasteiger partial charge >= 0.3 is 0 Å². The summed E-state index contributed by atoms with van der Waals surface area (Å²) in [5, 5.41) is 3.51. The maximum absolute atomic E-state index is 11.9. The summed E-state index contributed by atoms with van der Waals surface area (Å²) < 4.78 is 5.36. The molecule has 1 aliphatic rings. The standard InChI is InChI=1S/C16H19ClN2O2/c1-2-3-4-8-15(20)18-14-7-5-6-13(17)16(14)19-9-11-21-12-10-19/h2-8H,9-12H2,1H3,(H,18,20)/b3-2+,8-4+. The van der Waals surface area contributed by atoms with Gasteiger partial charge in [-0.25, -0.2) is 0 Å². The molecule has 5 heteroatoms. The van der Waals surface area contributed by atoms with Crippen LogP contribution < -0.4 is 10.2 Å². The molecule has 112 valence electrons. The molecule has 1 N–H and O–H groups in total. The van der Waals surface area contributed by atoms with E-state index in [2.05, 4.69) is 10.2 Å². The smallest absolute Gasteiger partial charge is 0.248 e. The lowest BCUT2D eigenvalue weighted by molar-refractivity contribution is -0.111. The summed E-state index contributed by atoms with van der Waals surface area (Å²) in [6, 6.07) is 5.52. The summed E-state index contributed by atoms with van der Waals surface area (Å²) in [5.41, 5.74) is 1.58. The molecule has 4 nitrogen and oxygen atoms in total. The van der Waals surface area contributed by atoms with E-state index < -0.39 is 0 Å². The lowest BCUT2D eigenvalue weighted by Crippen LogP contribution is -2.37. The summed E-state index contributed by atoms with van der Waals surface area (Å²) in [5.74, 6) is -0.176. The molecular weight excluding hydrogens is 288 g/mol. The molecule has 1 aliphatic heterocycles. The van der Waals surface area contributed by atoms with Gasteiger partial charge in [0.05, 0.1) is 29.6 Å². The third-order valence-electron chi connectivity index (χ3n) is 3.12. The number of halogens is 1. The summed E-state index contributed by atoms with van der Waals surface area (Å²) >= 11 is 6.31. The highest BCUT2D eigenvalue weighted by Gasteiger charge is 2.18. The van der Waals surface area contributed by atoms with Crippen molar-refractivity contribution in [1.29, 1.82) is 0 Å². The average Bonchev–Trinajstić information content (AvgIpc) is 2.48. The number of benzene rings is 1. The van der Waals surface area contributed by atoms with E-state index in [1.165, 1.54) is 6.08 Å². The molecule has 0 saturated carbocycles. The van der Waals surface area contributed by atoms with Crippen molar-refractivity contribution in [2.45, 2.75) is 6.92 Å². The van der Waals surface area contributed by atoms with Gasteiger partial charge in [-0.2, -0.15) is 0 Å². The van der Waals surface area contributed by atoms with Crippen LogP contribution in [0.5, 0.6) is 0 Å². The van der Waals surface area contributed by atoms with E-state index in [1.807, 2.05) is 31.2 Å². The molecule has 1 aromatic rings. The number of morpholine rings is 1. The lowest BCUT2D eigenvalue weighted by Gasteiger charge is -2.31. The maximum Gasteiger partial charge on any atom is 0.248 e. The van der Waals surface area contributed by atoms with Crippen LogP contribution >= 0.6 is 11.6 Å². The van der Waals surface area contributed by atoms with Gasteiger partial charge in [-0.15, -0.1) is 0 Å². The number of carbonyl (C=O) groups is 1. The SMILES string of the molecule is C/C=C/C=C/C(=O)Nc1cccc(Cl)c1N1CCOCC1. The third-order valence-corrected chi connectivity index (χ3v) is 3.43. The van der Waals surface area contributed by atoms with Gasteiger partial charge in [-0.1, -0.05) is 35.9 Å². The molecule has 1 fully saturated rings. The van der Waals surface area contributed by atoms with Crippen molar-refractivity contribution in [1.82, 2.24) is 0 Å². The molecule has 0 atom stereocenters. The molecule has 1 heterocycles. The molecule has 0 aliphatic carbocycles. The normalized spacial score (nSPS) is 15.8. The predicted molar refractivity (Wildman–Crippen MR) is 87.1 cm³/mol. The number of para-hydroxylation sites is 1. The molecule has 21 heavy (non-hydrogen) atoms. The number of rotatable bonds is 4. The summed E-state index contributed by atoms with van der Waals surface area (Å²) in [6.45, 7) is 4.76. The first-order valence-electron chi connectivity index (χ1n) is 6.94. The number of amides is 1. The minimum Gasteiger partial charge on any atom is -0.378 e. The van der Waals surface area contributed by atoms with E-state index in [-0.39, 0.29) is 5.91 Å². The fraction of sp³-hybridized carbons (Fsp3) is 0.312. The van der Waals surface area contributed by atoms with Crippen LogP contribution in [0.25, 0.3) is 0 Å². The van der Waals surface area contributed by atoms with Gasteiger partial charge in [0.2, 0.25) is 5.91 Å². The number of carbonyl (C=O) groups excluding carboxylic acids is 1. The zero-order valence-electron chi connectivity index (χ0n) is 12.0. The van der Waals surface area contributed by atoms with Gasteiger partial charge in [0, 0.05) is 19.2 Å². The van der Waals surface area contributed by atoms with Crippen LogP contribution in [-0.2, 0) is 9.53 Å². The molecule has 1 amide bonds. The molecular formula is C16H19ClN2O2. The van der Waals surface area contributed by atoms with E-state index >= 15 is 0 Å². The average molecular weight is 307 g/mol. The van der Waals surface area contributed by atoms with Gasteiger partial charge < -0.3 is 15.0 Å². The van der Waals surface area contributed by atoms with Gasteiger partial charge in [0.15, 0.2) is 0 Å². The Kier molecular flexibility index (Phi) is 5.84. The first-order chi connectivity index (χ1) is 10.2. The van der Waals surface area contributed by atoms with E-state index in [1.54, 1.807) is 12.2 Å². The molecule has 0 radical (unpaired) electrons. The van der Waals surface area contributed by atoms with Crippen molar-refractivity contribution < 1.29 is 9.53 Å².